The Morgan fingerprint density at radius 3 is 2.61 bits per heavy atom. The predicted molar refractivity (Wildman–Crippen MR) is 117 cm³/mol. The van der Waals surface area contributed by atoms with Crippen LogP contribution in [0.5, 0.6) is 5.75 Å². The number of hydrogen-bond acceptors (Lipinski definition) is 5. The number of hydrogen-bond donors (Lipinski definition) is 1. The number of sulfonamides is 1. The Morgan fingerprint density at radius 2 is 1.87 bits per heavy atom. The molecular weight excluding hydrogens is 416 g/mol. The number of carbonyl (C=O) groups is 1. The smallest absolute Gasteiger partial charge is 0.251 e. The van der Waals surface area contributed by atoms with Crippen molar-refractivity contribution in [2.24, 2.45) is 0 Å². The Kier molecular flexibility index (Phi) is 5.81. The van der Waals surface area contributed by atoms with Gasteiger partial charge in [-0.3, -0.25) is 4.79 Å². The fourth-order valence-corrected chi connectivity index (χ4v) is 5.53. The summed E-state index contributed by atoms with van der Waals surface area (Å²) in [6.07, 6.45) is 0.612. The summed E-state index contributed by atoms with van der Waals surface area (Å²) in [5, 5.41) is 3.09. The van der Waals surface area contributed by atoms with Crippen molar-refractivity contribution in [2.75, 3.05) is 26.3 Å². The normalized spacial score (nSPS) is 21.1. The van der Waals surface area contributed by atoms with Crippen LogP contribution >= 0.6 is 0 Å². The quantitative estimate of drug-likeness (QED) is 0.784. The van der Waals surface area contributed by atoms with Crippen LogP contribution in [-0.2, 0) is 14.8 Å². The number of nitrogens with zero attached hydrogens (tertiary/aromatic N) is 1. The van der Waals surface area contributed by atoms with Crippen molar-refractivity contribution in [1.29, 1.82) is 0 Å². The van der Waals surface area contributed by atoms with Crippen LogP contribution in [0.2, 0.25) is 0 Å². The van der Waals surface area contributed by atoms with E-state index in [1.165, 1.54) is 16.4 Å². The van der Waals surface area contributed by atoms with Crippen molar-refractivity contribution < 1.29 is 22.7 Å². The Bertz CT molecular complexity index is 1090. The number of carbonyl (C=O) groups excluding carboxylic acids is 1. The first kappa shape index (κ1) is 21.8. The van der Waals surface area contributed by atoms with Crippen LogP contribution in [0.15, 0.2) is 47.4 Å². The molecule has 0 aromatic heterocycles. The van der Waals surface area contributed by atoms with Crippen molar-refractivity contribution in [3.63, 3.8) is 0 Å². The number of aryl methyl sites for hydroxylation is 1. The molecule has 2 aromatic carbocycles. The van der Waals surface area contributed by atoms with Crippen LogP contribution in [0.3, 0.4) is 0 Å². The highest BCUT2D eigenvalue weighted by atomic mass is 32.2. The number of ether oxygens (including phenoxy) is 2. The molecule has 2 aliphatic heterocycles. The molecule has 31 heavy (non-hydrogen) atoms. The third-order valence-corrected chi connectivity index (χ3v) is 7.53. The highest BCUT2D eigenvalue weighted by Crippen LogP contribution is 2.40. The number of amides is 1. The molecule has 0 aliphatic carbocycles. The molecule has 1 amide bonds. The molecule has 0 spiro atoms. The van der Waals surface area contributed by atoms with E-state index in [-0.39, 0.29) is 16.8 Å². The molecule has 2 aliphatic rings. The lowest BCUT2D eigenvalue weighted by molar-refractivity contribution is 0.0619. The van der Waals surface area contributed by atoms with Gasteiger partial charge in [-0.2, -0.15) is 4.31 Å². The molecule has 0 bridgehead atoms. The summed E-state index contributed by atoms with van der Waals surface area (Å²) in [7, 11) is -3.67. The van der Waals surface area contributed by atoms with Crippen molar-refractivity contribution in [3.8, 4) is 5.75 Å². The first-order chi connectivity index (χ1) is 14.7. The number of rotatable bonds is 4. The monoisotopic (exact) mass is 444 g/mol. The minimum Gasteiger partial charge on any atom is -0.487 e. The lowest BCUT2D eigenvalue weighted by Gasteiger charge is -2.38. The van der Waals surface area contributed by atoms with Gasteiger partial charge in [0.1, 0.15) is 11.4 Å². The van der Waals surface area contributed by atoms with Crippen LogP contribution in [0.1, 0.15) is 47.8 Å². The minimum atomic E-state index is -3.67. The molecule has 166 valence electrons. The van der Waals surface area contributed by atoms with Gasteiger partial charge in [0, 0.05) is 30.6 Å². The second-order valence-electron chi connectivity index (χ2n) is 8.68. The molecule has 1 fully saturated rings. The standard InChI is InChI=1S/C23H28N2O5S/c1-16-7-8-21-19(13-16)20(15-23(2,3)30-21)24-22(26)17-5-4-6-18(14-17)31(27,28)25-9-11-29-12-10-25/h4-8,13-14,20H,9-12,15H2,1-3H3,(H,24,26)/t20-/m0/s1. The van der Waals surface area contributed by atoms with E-state index < -0.39 is 15.6 Å². The summed E-state index contributed by atoms with van der Waals surface area (Å²) in [6, 6.07) is 11.9. The van der Waals surface area contributed by atoms with Gasteiger partial charge in [0.15, 0.2) is 0 Å². The minimum absolute atomic E-state index is 0.116. The summed E-state index contributed by atoms with van der Waals surface area (Å²) in [5.41, 5.74) is 1.90. The van der Waals surface area contributed by atoms with Crippen LogP contribution in [0.25, 0.3) is 0 Å². The topological polar surface area (TPSA) is 84.9 Å². The van der Waals surface area contributed by atoms with Crippen LogP contribution in [0.4, 0.5) is 0 Å². The van der Waals surface area contributed by atoms with Gasteiger partial charge in [0.05, 0.1) is 24.2 Å². The zero-order valence-corrected chi connectivity index (χ0v) is 18.9. The molecule has 0 radical (unpaired) electrons. The largest absolute Gasteiger partial charge is 0.487 e. The van der Waals surface area contributed by atoms with Crippen LogP contribution < -0.4 is 10.1 Å². The molecule has 7 nitrogen and oxygen atoms in total. The molecular formula is C23H28N2O5S. The van der Waals surface area contributed by atoms with E-state index in [1.54, 1.807) is 12.1 Å². The summed E-state index contributed by atoms with van der Waals surface area (Å²) in [4.78, 5) is 13.2. The molecule has 2 heterocycles. The SMILES string of the molecule is Cc1ccc2c(c1)[C@@H](NC(=O)c1cccc(S(=O)(=O)N3CCOCC3)c1)CC(C)(C)O2. The van der Waals surface area contributed by atoms with Crippen molar-refractivity contribution in [2.45, 2.75) is 43.7 Å². The fourth-order valence-electron chi connectivity index (χ4n) is 4.08. The molecule has 1 atom stereocenters. The number of nitrogens with one attached hydrogen (secondary N) is 1. The van der Waals surface area contributed by atoms with E-state index in [1.807, 2.05) is 39.0 Å². The number of fused-ring (bicyclic) bond motifs is 1. The molecule has 0 unspecified atom stereocenters. The molecule has 2 aromatic rings. The lowest BCUT2D eigenvalue weighted by atomic mass is 9.88. The van der Waals surface area contributed by atoms with Gasteiger partial charge in [-0.25, -0.2) is 8.42 Å². The predicted octanol–water partition coefficient (Wildman–Crippen LogP) is 3.05. The average Bonchev–Trinajstić information content (AvgIpc) is 2.74. The highest BCUT2D eigenvalue weighted by molar-refractivity contribution is 7.89. The molecule has 1 N–H and O–H groups in total. The molecule has 8 heteroatoms. The first-order valence-corrected chi connectivity index (χ1v) is 11.9. The van der Waals surface area contributed by atoms with Crippen molar-refractivity contribution >= 4 is 15.9 Å². The summed E-state index contributed by atoms with van der Waals surface area (Å²) in [6.45, 7) is 7.35. The van der Waals surface area contributed by atoms with E-state index >= 15 is 0 Å². The second-order valence-corrected chi connectivity index (χ2v) is 10.6. The maximum absolute atomic E-state index is 13.1. The third-order valence-electron chi connectivity index (χ3n) is 5.63. The Balaban J connectivity index is 1.59. The Morgan fingerprint density at radius 1 is 1.13 bits per heavy atom. The van der Waals surface area contributed by atoms with Crippen molar-refractivity contribution in [1.82, 2.24) is 9.62 Å². The van der Waals surface area contributed by atoms with Gasteiger partial charge >= 0.3 is 0 Å². The number of benzene rings is 2. The summed E-state index contributed by atoms with van der Waals surface area (Å²) < 4.78 is 38.6. The summed E-state index contributed by atoms with van der Waals surface area (Å²) in [5.74, 6) is 0.449. The second kappa shape index (κ2) is 8.26. The maximum Gasteiger partial charge on any atom is 0.251 e. The zero-order valence-electron chi connectivity index (χ0n) is 18.1. The van der Waals surface area contributed by atoms with Gasteiger partial charge in [-0.1, -0.05) is 23.8 Å². The molecule has 1 saturated heterocycles. The highest BCUT2D eigenvalue weighted by Gasteiger charge is 2.35. The first-order valence-electron chi connectivity index (χ1n) is 10.4. The van der Waals surface area contributed by atoms with Crippen LogP contribution in [-0.4, -0.2) is 50.5 Å². The van der Waals surface area contributed by atoms with E-state index in [0.29, 0.717) is 38.3 Å². The van der Waals surface area contributed by atoms with E-state index in [0.717, 1.165) is 16.9 Å². The van der Waals surface area contributed by atoms with Gasteiger partial charge in [0.2, 0.25) is 10.0 Å². The van der Waals surface area contributed by atoms with Gasteiger partial charge in [0.25, 0.3) is 5.91 Å². The fraction of sp³-hybridized carbons (Fsp3) is 0.435. The maximum atomic E-state index is 13.1. The molecule has 4 rings (SSSR count). The van der Waals surface area contributed by atoms with E-state index in [2.05, 4.69) is 5.32 Å². The van der Waals surface area contributed by atoms with Gasteiger partial charge in [-0.15, -0.1) is 0 Å². The van der Waals surface area contributed by atoms with E-state index in [4.69, 9.17) is 9.47 Å². The summed E-state index contributed by atoms with van der Waals surface area (Å²) >= 11 is 0. The van der Waals surface area contributed by atoms with Crippen LogP contribution in [0, 0.1) is 6.92 Å². The number of morpholine rings is 1. The molecule has 0 saturated carbocycles. The zero-order chi connectivity index (χ0) is 22.2. The van der Waals surface area contributed by atoms with Gasteiger partial charge in [-0.05, 0) is 45.0 Å². The third kappa shape index (κ3) is 4.61. The Hall–Kier alpha value is -2.42. The lowest BCUT2D eigenvalue weighted by Crippen LogP contribution is -2.41. The van der Waals surface area contributed by atoms with Gasteiger partial charge < -0.3 is 14.8 Å². The van der Waals surface area contributed by atoms with Crippen molar-refractivity contribution in [3.05, 3.63) is 59.2 Å². The average molecular weight is 445 g/mol. The van der Waals surface area contributed by atoms with E-state index in [9.17, 15) is 13.2 Å². The Labute approximate surface area is 183 Å².